The van der Waals surface area contributed by atoms with Gasteiger partial charge in [0.2, 0.25) is 0 Å². The highest BCUT2D eigenvalue weighted by Gasteiger charge is 2.13. The minimum Gasteiger partial charge on any atom is -0.380 e. The molecule has 1 aromatic heterocycles. The molecule has 0 fully saturated rings. The molecule has 18 heavy (non-hydrogen) atoms. The summed E-state index contributed by atoms with van der Waals surface area (Å²) in [5, 5.41) is 3.87. The number of hydrogen-bond acceptors (Lipinski definition) is 2. The first kappa shape index (κ1) is 12.6. The van der Waals surface area contributed by atoms with Gasteiger partial charge in [0.25, 0.3) is 5.91 Å². The van der Waals surface area contributed by atoms with Crippen molar-refractivity contribution in [2.24, 2.45) is 0 Å². The number of aromatic nitrogens is 1. The Kier molecular flexibility index (Phi) is 3.99. The first-order valence-corrected chi connectivity index (χ1v) is 6.17. The second-order valence-electron chi connectivity index (χ2n) is 4.28. The summed E-state index contributed by atoms with van der Waals surface area (Å²) in [6.07, 6.45) is 1.74. The Labute approximate surface area is 106 Å². The molecule has 0 aliphatic carbocycles. The van der Waals surface area contributed by atoms with Crippen molar-refractivity contribution in [3.05, 3.63) is 36.0 Å². The van der Waals surface area contributed by atoms with Crippen LogP contribution in [0.15, 0.2) is 30.5 Å². The molecule has 1 amide bonds. The highest BCUT2D eigenvalue weighted by atomic mass is 16.5. The van der Waals surface area contributed by atoms with Crippen molar-refractivity contribution < 1.29 is 9.53 Å². The van der Waals surface area contributed by atoms with Gasteiger partial charge in [-0.2, -0.15) is 0 Å². The summed E-state index contributed by atoms with van der Waals surface area (Å²) in [5.41, 5.74) is 1.65. The molecule has 0 radical (unpaired) electrons. The lowest BCUT2D eigenvalue weighted by atomic mass is 10.1. The number of hydrogen-bond donors (Lipinski definition) is 2. The van der Waals surface area contributed by atoms with E-state index in [4.69, 9.17) is 4.74 Å². The topological polar surface area (TPSA) is 54.1 Å². The largest absolute Gasteiger partial charge is 0.380 e. The minimum atomic E-state index is -0.0698. The quantitative estimate of drug-likeness (QED) is 0.850. The summed E-state index contributed by atoms with van der Waals surface area (Å²) in [6.45, 7) is 5.06. The lowest BCUT2D eigenvalue weighted by molar-refractivity contribution is 0.0873. The van der Waals surface area contributed by atoms with Gasteiger partial charge in [-0.1, -0.05) is 18.2 Å². The number of amides is 1. The van der Waals surface area contributed by atoms with Crippen molar-refractivity contribution >= 4 is 16.8 Å². The van der Waals surface area contributed by atoms with E-state index in [-0.39, 0.29) is 11.9 Å². The molecule has 0 bridgehead atoms. The van der Waals surface area contributed by atoms with Gasteiger partial charge in [0.15, 0.2) is 0 Å². The van der Waals surface area contributed by atoms with Crippen LogP contribution in [0, 0.1) is 0 Å². The number of benzene rings is 1. The van der Waals surface area contributed by atoms with Crippen LogP contribution in [0.1, 0.15) is 24.2 Å². The maximum Gasteiger partial charge on any atom is 0.253 e. The maximum atomic E-state index is 12.1. The number of carbonyl (C=O) groups excluding carboxylic acids is 1. The molecular weight excluding hydrogens is 228 g/mol. The van der Waals surface area contributed by atoms with Crippen LogP contribution >= 0.6 is 0 Å². The van der Waals surface area contributed by atoms with Crippen LogP contribution in [-0.4, -0.2) is 30.1 Å². The molecule has 96 valence electrons. The number of nitrogens with one attached hydrogen (secondary N) is 2. The number of H-pyrrole nitrogens is 1. The van der Waals surface area contributed by atoms with Crippen LogP contribution in [0.4, 0.5) is 0 Å². The van der Waals surface area contributed by atoms with Gasteiger partial charge >= 0.3 is 0 Å². The fourth-order valence-corrected chi connectivity index (χ4v) is 1.90. The van der Waals surface area contributed by atoms with Gasteiger partial charge in [-0.05, 0) is 19.9 Å². The van der Waals surface area contributed by atoms with Crippen molar-refractivity contribution in [3.8, 4) is 0 Å². The van der Waals surface area contributed by atoms with Gasteiger partial charge in [0.1, 0.15) is 0 Å². The van der Waals surface area contributed by atoms with E-state index in [1.54, 1.807) is 6.20 Å². The molecule has 4 heteroatoms. The number of para-hydroxylation sites is 1. The minimum absolute atomic E-state index is 0.00566. The zero-order valence-corrected chi connectivity index (χ0v) is 10.7. The molecular formula is C14H18N2O2. The molecule has 1 aromatic carbocycles. The molecule has 2 rings (SSSR count). The molecule has 4 nitrogen and oxygen atoms in total. The Balaban J connectivity index is 2.09. The predicted octanol–water partition coefficient (Wildman–Crippen LogP) is 2.32. The molecule has 2 aromatic rings. The van der Waals surface area contributed by atoms with Crippen molar-refractivity contribution in [3.63, 3.8) is 0 Å². The smallest absolute Gasteiger partial charge is 0.253 e. The normalized spacial score (nSPS) is 12.6. The number of aromatic amines is 1. The highest BCUT2D eigenvalue weighted by molar-refractivity contribution is 6.06. The van der Waals surface area contributed by atoms with Gasteiger partial charge in [-0.15, -0.1) is 0 Å². The molecule has 0 spiro atoms. The first-order chi connectivity index (χ1) is 8.72. The van der Waals surface area contributed by atoms with Gasteiger partial charge < -0.3 is 15.0 Å². The Hall–Kier alpha value is -1.81. The Morgan fingerprint density at radius 1 is 1.44 bits per heavy atom. The van der Waals surface area contributed by atoms with Crippen LogP contribution in [0.2, 0.25) is 0 Å². The third kappa shape index (κ3) is 2.71. The standard InChI is InChI=1S/C14H18N2O2/c1-3-18-9-10(2)16-14(17)12-8-15-13-7-5-4-6-11(12)13/h4-8,10,15H,3,9H2,1-2H3,(H,16,17). The second kappa shape index (κ2) is 5.69. The van der Waals surface area contributed by atoms with E-state index in [1.165, 1.54) is 0 Å². The number of carbonyl (C=O) groups is 1. The molecule has 1 heterocycles. The summed E-state index contributed by atoms with van der Waals surface area (Å²) in [5.74, 6) is -0.0698. The molecule has 2 N–H and O–H groups in total. The summed E-state index contributed by atoms with van der Waals surface area (Å²) in [7, 11) is 0. The lowest BCUT2D eigenvalue weighted by Crippen LogP contribution is -2.35. The van der Waals surface area contributed by atoms with Crippen LogP contribution in [0.3, 0.4) is 0 Å². The van der Waals surface area contributed by atoms with E-state index >= 15 is 0 Å². The van der Waals surface area contributed by atoms with E-state index in [9.17, 15) is 4.79 Å². The zero-order valence-electron chi connectivity index (χ0n) is 10.7. The Bertz CT molecular complexity index is 533. The van der Waals surface area contributed by atoms with E-state index in [0.717, 1.165) is 10.9 Å². The van der Waals surface area contributed by atoms with Crippen molar-refractivity contribution in [2.75, 3.05) is 13.2 Å². The Morgan fingerprint density at radius 2 is 2.22 bits per heavy atom. The average molecular weight is 246 g/mol. The zero-order chi connectivity index (χ0) is 13.0. The molecule has 0 saturated heterocycles. The SMILES string of the molecule is CCOCC(C)NC(=O)c1c[nH]c2ccccc12. The highest BCUT2D eigenvalue weighted by Crippen LogP contribution is 2.17. The van der Waals surface area contributed by atoms with E-state index in [2.05, 4.69) is 10.3 Å². The monoisotopic (exact) mass is 246 g/mol. The lowest BCUT2D eigenvalue weighted by Gasteiger charge is -2.13. The molecule has 0 aliphatic rings. The molecule has 1 atom stereocenters. The van der Waals surface area contributed by atoms with Crippen LogP contribution in [0.25, 0.3) is 10.9 Å². The first-order valence-electron chi connectivity index (χ1n) is 6.17. The van der Waals surface area contributed by atoms with Gasteiger partial charge in [0.05, 0.1) is 12.2 Å². The van der Waals surface area contributed by atoms with E-state index in [1.807, 2.05) is 38.1 Å². The number of fused-ring (bicyclic) bond motifs is 1. The van der Waals surface area contributed by atoms with Crippen molar-refractivity contribution in [2.45, 2.75) is 19.9 Å². The summed E-state index contributed by atoms with van der Waals surface area (Å²) in [6, 6.07) is 7.77. The predicted molar refractivity (Wildman–Crippen MR) is 71.7 cm³/mol. The number of ether oxygens (including phenoxy) is 1. The third-order valence-corrected chi connectivity index (χ3v) is 2.78. The van der Waals surface area contributed by atoms with Crippen LogP contribution < -0.4 is 5.32 Å². The van der Waals surface area contributed by atoms with Crippen LogP contribution in [0.5, 0.6) is 0 Å². The summed E-state index contributed by atoms with van der Waals surface area (Å²) in [4.78, 5) is 15.2. The Morgan fingerprint density at radius 3 is 3.00 bits per heavy atom. The fraction of sp³-hybridized carbons (Fsp3) is 0.357. The fourth-order valence-electron chi connectivity index (χ4n) is 1.90. The summed E-state index contributed by atoms with van der Waals surface area (Å²) >= 11 is 0. The van der Waals surface area contributed by atoms with Crippen molar-refractivity contribution in [1.29, 1.82) is 0 Å². The molecule has 0 aliphatic heterocycles. The van der Waals surface area contributed by atoms with Crippen LogP contribution in [-0.2, 0) is 4.74 Å². The van der Waals surface area contributed by atoms with E-state index < -0.39 is 0 Å². The van der Waals surface area contributed by atoms with E-state index in [0.29, 0.717) is 18.8 Å². The van der Waals surface area contributed by atoms with Gasteiger partial charge in [0, 0.05) is 29.7 Å². The van der Waals surface area contributed by atoms with Gasteiger partial charge in [-0.25, -0.2) is 0 Å². The maximum absolute atomic E-state index is 12.1. The average Bonchev–Trinajstić information content (AvgIpc) is 2.80. The van der Waals surface area contributed by atoms with Crippen molar-refractivity contribution in [1.82, 2.24) is 10.3 Å². The summed E-state index contributed by atoms with van der Waals surface area (Å²) < 4.78 is 5.28. The third-order valence-electron chi connectivity index (χ3n) is 2.78. The molecule has 0 saturated carbocycles. The van der Waals surface area contributed by atoms with Gasteiger partial charge in [-0.3, -0.25) is 4.79 Å². The number of rotatable bonds is 5. The second-order valence-corrected chi connectivity index (χ2v) is 4.28. The molecule has 1 unspecified atom stereocenters.